The van der Waals surface area contributed by atoms with Gasteiger partial charge in [0.05, 0.1) is 15.3 Å². The summed E-state index contributed by atoms with van der Waals surface area (Å²) in [6.07, 6.45) is 5.28. The van der Waals surface area contributed by atoms with Crippen molar-refractivity contribution < 1.29 is 0 Å². The Morgan fingerprint density at radius 1 is 1.40 bits per heavy atom. The number of rotatable bonds is 1. The number of fused-ring (bicyclic) bond motifs is 1. The summed E-state index contributed by atoms with van der Waals surface area (Å²) in [5.41, 5.74) is 0.752. The van der Waals surface area contributed by atoms with Crippen LogP contribution < -0.4 is 0 Å². The summed E-state index contributed by atoms with van der Waals surface area (Å²) in [5, 5.41) is 1.41. The van der Waals surface area contributed by atoms with Gasteiger partial charge >= 0.3 is 0 Å². The van der Waals surface area contributed by atoms with Gasteiger partial charge in [0.2, 0.25) is 0 Å². The van der Waals surface area contributed by atoms with Crippen LogP contribution in [0.5, 0.6) is 0 Å². The van der Waals surface area contributed by atoms with Crippen molar-refractivity contribution in [1.29, 1.82) is 0 Å². The Morgan fingerprint density at radius 3 is 2.67 bits per heavy atom. The molecule has 1 nitrogen and oxygen atoms in total. The summed E-state index contributed by atoms with van der Waals surface area (Å²) in [6, 6.07) is 0. The van der Waals surface area contributed by atoms with Crippen LogP contribution in [0.2, 0.25) is 0 Å². The van der Waals surface area contributed by atoms with E-state index in [9.17, 15) is 0 Å². The van der Waals surface area contributed by atoms with Gasteiger partial charge in [-0.3, -0.25) is 4.99 Å². The maximum Gasteiger partial charge on any atom is 0.0747 e. The van der Waals surface area contributed by atoms with Crippen LogP contribution in [0.3, 0.4) is 0 Å². The van der Waals surface area contributed by atoms with Crippen LogP contribution in [-0.2, 0) is 0 Å². The number of nitrogens with zero attached hydrogens (tertiary/aromatic N) is 1. The standard InChI is InChI=1S/C13H21NS/c1-5-10-14-12(4)8-9-6-7-13(12,15-10)11(9,2)3/h9H,5-8H2,1-4H3/t9-,12-,13-/m0/s1. The minimum absolute atomic E-state index is 0.259. The van der Waals surface area contributed by atoms with Crippen LogP contribution in [0.15, 0.2) is 4.99 Å². The third-order valence-corrected chi connectivity index (χ3v) is 7.52. The molecule has 0 unspecified atom stereocenters. The monoisotopic (exact) mass is 223 g/mol. The highest BCUT2D eigenvalue weighted by molar-refractivity contribution is 8.15. The van der Waals surface area contributed by atoms with Crippen LogP contribution in [-0.4, -0.2) is 15.3 Å². The van der Waals surface area contributed by atoms with Crippen LogP contribution in [0.25, 0.3) is 0 Å². The van der Waals surface area contributed by atoms with E-state index >= 15 is 0 Å². The fourth-order valence-corrected chi connectivity index (χ4v) is 6.23. The fraction of sp³-hybridized carbons (Fsp3) is 0.923. The molecule has 3 atom stereocenters. The van der Waals surface area contributed by atoms with E-state index in [0.717, 1.165) is 12.3 Å². The maximum absolute atomic E-state index is 5.05. The molecular formula is C13H21NS. The molecule has 0 N–H and O–H groups in total. The van der Waals surface area contributed by atoms with Crippen molar-refractivity contribution in [3.63, 3.8) is 0 Å². The van der Waals surface area contributed by atoms with Crippen molar-refractivity contribution in [1.82, 2.24) is 0 Å². The first-order valence-corrected chi connectivity index (χ1v) is 7.04. The molecule has 3 rings (SSSR count). The molecule has 1 spiro atoms. The molecule has 0 saturated heterocycles. The minimum Gasteiger partial charge on any atom is -0.275 e. The van der Waals surface area contributed by atoms with E-state index in [1.54, 1.807) is 0 Å². The summed E-state index contributed by atoms with van der Waals surface area (Å²) < 4.78 is 0.440. The number of thioether (sulfide) groups is 1. The highest BCUT2D eigenvalue weighted by Gasteiger charge is 2.72. The SMILES string of the molecule is CCC1=N[C@@]2(C)C[C@@H]3CC[C@]2(S1)C3(C)C. The smallest absolute Gasteiger partial charge is 0.0747 e. The lowest BCUT2D eigenvalue weighted by Crippen LogP contribution is -2.47. The van der Waals surface area contributed by atoms with Crippen molar-refractivity contribution in [3.05, 3.63) is 0 Å². The van der Waals surface area contributed by atoms with Gasteiger partial charge in [-0.25, -0.2) is 0 Å². The molecule has 1 aliphatic heterocycles. The largest absolute Gasteiger partial charge is 0.275 e. The molecule has 0 amide bonds. The first-order chi connectivity index (χ1) is 6.95. The Kier molecular flexibility index (Phi) is 1.79. The van der Waals surface area contributed by atoms with Crippen molar-refractivity contribution in [2.75, 3.05) is 0 Å². The molecule has 0 aromatic carbocycles. The maximum atomic E-state index is 5.05. The van der Waals surface area contributed by atoms with E-state index in [1.165, 1.54) is 24.3 Å². The van der Waals surface area contributed by atoms with Crippen LogP contribution in [0, 0.1) is 11.3 Å². The molecule has 0 aromatic heterocycles. The van der Waals surface area contributed by atoms with E-state index in [2.05, 4.69) is 39.5 Å². The molecule has 0 radical (unpaired) electrons. The number of hydrogen-bond donors (Lipinski definition) is 0. The molecule has 2 aliphatic carbocycles. The van der Waals surface area contributed by atoms with E-state index < -0.39 is 0 Å². The van der Waals surface area contributed by atoms with Crippen molar-refractivity contribution in [3.8, 4) is 0 Å². The van der Waals surface area contributed by atoms with E-state index in [0.29, 0.717) is 10.2 Å². The minimum atomic E-state index is 0.259. The second kappa shape index (κ2) is 2.64. The lowest BCUT2D eigenvalue weighted by Gasteiger charge is -2.41. The van der Waals surface area contributed by atoms with Gasteiger partial charge in [-0.2, -0.15) is 0 Å². The van der Waals surface area contributed by atoms with E-state index in [1.807, 2.05) is 0 Å². The van der Waals surface area contributed by atoms with Crippen LogP contribution >= 0.6 is 11.8 Å². The van der Waals surface area contributed by atoms with Crippen molar-refractivity contribution in [2.45, 2.75) is 63.7 Å². The topological polar surface area (TPSA) is 12.4 Å². The molecule has 0 aromatic rings. The lowest BCUT2D eigenvalue weighted by molar-refractivity contribution is 0.265. The third kappa shape index (κ3) is 0.916. The first kappa shape index (κ1) is 10.2. The lowest BCUT2D eigenvalue weighted by atomic mass is 9.76. The molecule has 2 fully saturated rings. The Balaban J connectivity index is 2.10. The summed E-state index contributed by atoms with van der Waals surface area (Å²) in [5.74, 6) is 0.914. The Bertz CT molecular complexity index is 346. The molecule has 84 valence electrons. The number of aliphatic imine (C=N–C) groups is 1. The average molecular weight is 223 g/mol. The summed E-state index contributed by atoms with van der Waals surface area (Å²) in [6.45, 7) is 9.62. The second-order valence-corrected chi connectivity index (χ2v) is 7.60. The molecule has 1 heterocycles. The normalized spacial score (nSPS) is 50.7. The first-order valence-electron chi connectivity index (χ1n) is 6.23. The van der Waals surface area contributed by atoms with Gasteiger partial charge in [-0.05, 0) is 43.9 Å². The summed E-state index contributed by atoms with van der Waals surface area (Å²) >= 11 is 2.13. The zero-order valence-electron chi connectivity index (χ0n) is 10.3. The van der Waals surface area contributed by atoms with Crippen molar-refractivity contribution >= 4 is 16.8 Å². The zero-order valence-corrected chi connectivity index (χ0v) is 11.1. The fourth-order valence-electron chi connectivity index (χ4n) is 4.43. The Morgan fingerprint density at radius 2 is 2.13 bits per heavy atom. The molecule has 2 bridgehead atoms. The van der Waals surface area contributed by atoms with Gasteiger partial charge in [0.15, 0.2) is 0 Å². The summed E-state index contributed by atoms with van der Waals surface area (Å²) in [4.78, 5) is 5.05. The Hall–Kier alpha value is 0.0200. The molecule has 2 saturated carbocycles. The molecular weight excluding hydrogens is 202 g/mol. The zero-order chi connectivity index (χ0) is 10.9. The molecule has 2 heteroatoms. The van der Waals surface area contributed by atoms with Gasteiger partial charge in [-0.15, -0.1) is 11.8 Å². The summed E-state index contributed by atoms with van der Waals surface area (Å²) in [7, 11) is 0. The van der Waals surface area contributed by atoms with Gasteiger partial charge in [-0.1, -0.05) is 20.8 Å². The van der Waals surface area contributed by atoms with Gasteiger partial charge in [0, 0.05) is 0 Å². The van der Waals surface area contributed by atoms with Gasteiger partial charge < -0.3 is 0 Å². The van der Waals surface area contributed by atoms with Gasteiger partial charge in [0.25, 0.3) is 0 Å². The predicted octanol–water partition coefficient (Wildman–Crippen LogP) is 3.88. The molecule has 15 heavy (non-hydrogen) atoms. The Labute approximate surface area is 97.1 Å². The van der Waals surface area contributed by atoms with E-state index in [4.69, 9.17) is 4.99 Å². The third-order valence-electron chi connectivity index (χ3n) is 5.39. The predicted molar refractivity (Wildman–Crippen MR) is 67.6 cm³/mol. The van der Waals surface area contributed by atoms with Crippen molar-refractivity contribution in [2.24, 2.45) is 16.3 Å². The molecule has 3 aliphatic rings. The van der Waals surface area contributed by atoms with E-state index in [-0.39, 0.29) is 5.54 Å². The van der Waals surface area contributed by atoms with Crippen LogP contribution in [0.1, 0.15) is 53.4 Å². The van der Waals surface area contributed by atoms with Gasteiger partial charge in [0.1, 0.15) is 0 Å². The highest BCUT2D eigenvalue weighted by Crippen LogP contribution is 2.73. The average Bonchev–Trinajstić information content (AvgIpc) is 2.66. The highest BCUT2D eigenvalue weighted by atomic mass is 32.2. The second-order valence-electron chi connectivity index (χ2n) is 6.22. The quantitative estimate of drug-likeness (QED) is 0.657. The van der Waals surface area contributed by atoms with Crippen LogP contribution in [0.4, 0.5) is 0 Å². The number of hydrogen-bond acceptors (Lipinski definition) is 2.